The van der Waals surface area contributed by atoms with Crippen LogP contribution < -0.4 is 5.73 Å². The summed E-state index contributed by atoms with van der Waals surface area (Å²) >= 11 is 0. The number of aryl methyl sites for hydroxylation is 1. The first-order valence-electron chi connectivity index (χ1n) is 7.23. The summed E-state index contributed by atoms with van der Waals surface area (Å²) in [6, 6.07) is 5.12. The van der Waals surface area contributed by atoms with Crippen LogP contribution in [0.5, 0.6) is 0 Å². The van der Waals surface area contributed by atoms with E-state index >= 15 is 0 Å². The minimum Gasteiger partial charge on any atom is -0.466 e. The third-order valence-corrected chi connectivity index (χ3v) is 3.08. The van der Waals surface area contributed by atoms with Crippen molar-refractivity contribution < 1.29 is 19.1 Å². The average molecular weight is 293 g/mol. The van der Waals surface area contributed by atoms with Gasteiger partial charge in [-0.3, -0.25) is 4.79 Å². The van der Waals surface area contributed by atoms with Crippen molar-refractivity contribution in [1.29, 1.82) is 0 Å². The number of carbonyl (C=O) groups is 2. The topological polar surface area (TPSA) is 78.6 Å². The Labute approximate surface area is 125 Å². The molecule has 0 spiro atoms. The van der Waals surface area contributed by atoms with Crippen molar-refractivity contribution in [1.82, 2.24) is 0 Å². The number of hydrogen-bond donors (Lipinski definition) is 1. The van der Waals surface area contributed by atoms with Crippen LogP contribution in [-0.4, -0.2) is 25.2 Å². The van der Waals surface area contributed by atoms with Crippen molar-refractivity contribution in [3.63, 3.8) is 0 Å². The van der Waals surface area contributed by atoms with Crippen LogP contribution in [0.4, 0.5) is 5.69 Å². The predicted molar refractivity (Wildman–Crippen MR) is 81.0 cm³/mol. The molecule has 5 nitrogen and oxygen atoms in total. The van der Waals surface area contributed by atoms with Gasteiger partial charge in [-0.1, -0.05) is 6.07 Å². The zero-order valence-electron chi connectivity index (χ0n) is 12.7. The van der Waals surface area contributed by atoms with Gasteiger partial charge in [0.1, 0.15) is 0 Å². The summed E-state index contributed by atoms with van der Waals surface area (Å²) in [5, 5.41) is 0. The molecule has 0 aliphatic rings. The monoisotopic (exact) mass is 293 g/mol. The number of esters is 2. The number of benzene rings is 1. The molecule has 0 saturated heterocycles. The highest BCUT2D eigenvalue weighted by atomic mass is 16.5. The summed E-state index contributed by atoms with van der Waals surface area (Å²) < 4.78 is 10.00. The van der Waals surface area contributed by atoms with Gasteiger partial charge in [-0.15, -0.1) is 0 Å². The van der Waals surface area contributed by atoms with E-state index in [-0.39, 0.29) is 11.9 Å². The van der Waals surface area contributed by atoms with Gasteiger partial charge >= 0.3 is 11.9 Å². The highest BCUT2D eigenvalue weighted by Gasteiger charge is 2.08. The number of unbranched alkanes of at least 4 members (excludes halogenated alkanes) is 2. The van der Waals surface area contributed by atoms with Crippen molar-refractivity contribution >= 4 is 17.6 Å². The Morgan fingerprint density at radius 3 is 2.57 bits per heavy atom. The molecule has 1 aromatic carbocycles. The summed E-state index contributed by atoms with van der Waals surface area (Å²) in [7, 11) is 0. The van der Waals surface area contributed by atoms with Crippen LogP contribution in [0.3, 0.4) is 0 Å². The molecule has 0 aliphatic carbocycles. The Morgan fingerprint density at radius 2 is 1.90 bits per heavy atom. The zero-order chi connectivity index (χ0) is 15.7. The van der Waals surface area contributed by atoms with Gasteiger partial charge in [0.05, 0.1) is 18.8 Å². The first-order valence-corrected chi connectivity index (χ1v) is 7.23. The second kappa shape index (κ2) is 9.00. The summed E-state index contributed by atoms with van der Waals surface area (Å²) in [5.74, 6) is -0.545. The van der Waals surface area contributed by atoms with Gasteiger partial charge in [0, 0.05) is 12.1 Å². The molecule has 1 rings (SSSR count). The zero-order valence-corrected chi connectivity index (χ0v) is 12.7. The molecular weight excluding hydrogens is 270 g/mol. The van der Waals surface area contributed by atoms with Gasteiger partial charge in [0.15, 0.2) is 0 Å². The number of carbonyl (C=O) groups excluding carboxylic acids is 2. The molecule has 5 heteroatoms. The number of nitrogen functional groups attached to an aromatic ring is 1. The van der Waals surface area contributed by atoms with E-state index in [0.717, 1.165) is 24.8 Å². The van der Waals surface area contributed by atoms with Gasteiger partial charge in [-0.05, 0) is 50.8 Å². The van der Waals surface area contributed by atoms with Gasteiger partial charge in [-0.2, -0.15) is 0 Å². The lowest BCUT2D eigenvalue weighted by atomic mass is 10.1. The van der Waals surface area contributed by atoms with Gasteiger partial charge in [0.25, 0.3) is 0 Å². The first kappa shape index (κ1) is 17.0. The molecule has 0 amide bonds. The standard InChI is InChI=1S/C16H23NO4/c1-3-20-15(18)7-5-4-6-10-21-16(19)13-9-8-12(2)14(17)11-13/h8-9,11H,3-7,10,17H2,1-2H3. The molecular formula is C16H23NO4. The summed E-state index contributed by atoms with van der Waals surface area (Å²) in [6.45, 7) is 4.43. The van der Waals surface area contributed by atoms with E-state index in [9.17, 15) is 9.59 Å². The van der Waals surface area contributed by atoms with E-state index in [0.29, 0.717) is 30.9 Å². The molecule has 0 fully saturated rings. The lowest BCUT2D eigenvalue weighted by Crippen LogP contribution is -2.08. The Morgan fingerprint density at radius 1 is 1.14 bits per heavy atom. The Kier molecular flexibility index (Phi) is 7.29. The van der Waals surface area contributed by atoms with Crippen LogP contribution in [0.15, 0.2) is 18.2 Å². The molecule has 0 saturated carbocycles. The number of ether oxygens (including phenoxy) is 2. The summed E-state index contributed by atoms with van der Waals surface area (Å²) in [6.07, 6.45) is 2.71. The molecule has 1 aromatic rings. The molecule has 21 heavy (non-hydrogen) atoms. The fourth-order valence-electron chi connectivity index (χ4n) is 1.80. The van der Waals surface area contributed by atoms with Gasteiger partial charge < -0.3 is 15.2 Å². The van der Waals surface area contributed by atoms with E-state index in [1.165, 1.54) is 0 Å². The van der Waals surface area contributed by atoms with E-state index in [1.54, 1.807) is 25.1 Å². The molecule has 0 atom stereocenters. The number of anilines is 1. The molecule has 0 aliphatic heterocycles. The SMILES string of the molecule is CCOC(=O)CCCCCOC(=O)c1ccc(C)c(N)c1. The van der Waals surface area contributed by atoms with Crippen molar-refractivity contribution in [2.24, 2.45) is 0 Å². The fourth-order valence-corrected chi connectivity index (χ4v) is 1.80. The van der Waals surface area contributed by atoms with E-state index in [2.05, 4.69) is 0 Å². The van der Waals surface area contributed by atoms with Gasteiger partial charge in [0.2, 0.25) is 0 Å². The predicted octanol–water partition coefficient (Wildman–Crippen LogP) is 2.86. The normalized spacial score (nSPS) is 10.2. The number of rotatable bonds is 8. The molecule has 0 bridgehead atoms. The van der Waals surface area contributed by atoms with Crippen molar-refractivity contribution in [3.8, 4) is 0 Å². The van der Waals surface area contributed by atoms with Crippen molar-refractivity contribution in [3.05, 3.63) is 29.3 Å². The third-order valence-electron chi connectivity index (χ3n) is 3.08. The fraction of sp³-hybridized carbons (Fsp3) is 0.500. The highest BCUT2D eigenvalue weighted by Crippen LogP contribution is 2.14. The second-order valence-electron chi connectivity index (χ2n) is 4.82. The molecule has 116 valence electrons. The summed E-state index contributed by atoms with van der Waals surface area (Å²) in [5.41, 5.74) is 7.73. The molecule has 0 aromatic heterocycles. The Hall–Kier alpha value is -2.04. The lowest BCUT2D eigenvalue weighted by Gasteiger charge is -2.06. The number of hydrogen-bond acceptors (Lipinski definition) is 5. The van der Waals surface area contributed by atoms with E-state index in [4.69, 9.17) is 15.2 Å². The molecule has 0 heterocycles. The lowest BCUT2D eigenvalue weighted by molar-refractivity contribution is -0.143. The maximum absolute atomic E-state index is 11.8. The highest BCUT2D eigenvalue weighted by molar-refractivity contribution is 5.90. The average Bonchev–Trinajstić information content (AvgIpc) is 2.45. The first-order chi connectivity index (χ1) is 10.0. The van der Waals surface area contributed by atoms with Crippen LogP contribution in [-0.2, 0) is 14.3 Å². The maximum Gasteiger partial charge on any atom is 0.338 e. The molecule has 0 unspecified atom stereocenters. The third kappa shape index (κ3) is 6.29. The van der Waals surface area contributed by atoms with Crippen LogP contribution in [0.1, 0.15) is 48.5 Å². The van der Waals surface area contributed by atoms with Crippen LogP contribution in [0, 0.1) is 6.92 Å². The maximum atomic E-state index is 11.8. The van der Waals surface area contributed by atoms with E-state index in [1.807, 2.05) is 6.92 Å². The van der Waals surface area contributed by atoms with Gasteiger partial charge in [-0.25, -0.2) is 4.79 Å². The number of nitrogens with two attached hydrogens (primary N) is 1. The molecule has 0 radical (unpaired) electrons. The van der Waals surface area contributed by atoms with Crippen LogP contribution in [0.25, 0.3) is 0 Å². The quantitative estimate of drug-likeness (QED) is 0.453. The van der Waals surface area contributed by atoms with Crippen molar-refractivity contribution in [2.45, 2.75) is 39.5 Å². The molecule has 2 N–H and O–H groups in total. The van der Waals surface area contributed by atoms with Crippen molar-refractivity contribution in [2.75, 3.05) is 18.9 Å². The minimum absolute atomic E-state index is 0.176. The second-order valence-corrected chi connectivity index (χ2v) is 4.82. The van der Waals surface area contributed by atoms with E-state index < -0.39 is 0 Å². The minimum atomic E-state index is -0.368. The Bertz CT molecular complexity index is 485. The summed E-state index contributed by atoms with van der Waals surface area (Å²) in [4.78, 5) is 22.9. The Balaban J connectivity index is 2.19. The largest absolute Gasteiger partial charge is 0.466 e. The smallest absolute Gasteiger partial charge is 0.338 e. The van der Waals surface area contributed by atoms with Crippen LogP contribution in [0.2, 0.25) is 0 Å². The van der Waals surface area contributed by atoms with Crippen LogP contribution >= 0.6 is 0 Å².